The van der Waals surface area contributed by atoms with Gasteiger partial charge in [-0.15, -0.1) is 0 Å². The summed E-state index contributed by atoms with van der Waals surface area (Å²) in [5.74, 6) is 1.61. The highest BCUT2D eigenvalue weighted by Gasteiger charge is 2.39. The van der Waals surface area contributed by atoms with Gasteiger partial charge in [0.1, 0.15) is 18.1 Å². The van der Waals surface area contributed by atoms with E-state index in [1.165, 1.54) is 19.1 Å². The molecule has 1 heterocycles. The van der Waals surface area contributed by atoms with Crippen molar-refractivity contribution in [2.24, 2.45) is 5.73 Å². The number of alkyl halides is 3. The number of amides is 1. The van der Waals surface area contributed by atoms with Crippen LogP contribution in [0.25, 0.3) is 21.7 Å². The number of anilines is 1. The van der Waals surface area contributed by atoms with E-state index in [9.17, 15) is 18.0 Å². The Kier molecular flexibility index (Phi) is 7.09. The van der Waals surface area contributed by atoms with Gasteiger partial charge in [-0.05, 0) is 84.6 Å². The maximum Gasteiger partial charge on any atom is 0.416 e. The van der Waals surface area contributed by atoms with Gasteiger partial charge in [0.05, 0.1) is 23.7 Å². The molecule has 0 saturated heterocycles. The van der Waals surface area contributed by atoms with Crippen molar-refractivity contribution in [1.82, 2.24) is 4.98 Å². The Morgan fingerprint density at radius 2 is 1.79 bits per heavy atom. The Hall–Kier alpha value is -4.83. The number of rotatable bonds is 8. The smallest absolute Gasteiger partial charge is 0.416 e. The van der Waals surface area contributed by atoms with Crippen molar-refractivity contribution in [3.05, 3.63) is 95.7 Å². The van der Waals surface area contributed by atoms with E-state index in [2.05, 4.69) is 10.3 Å². The summed E-state index contributed by atoms with van der Waals surface area (Å²) in [5, 5.41) is 4.64. The van der Waals surface area contributed by atoms with Crippen molar-refractivity contribution in [2.75, 3.05) is 19.0 Å². The third-order valence-electron chi connectivity index (χ3n) is 7.52. The van der Waals surface area contributed by atoms with Crippen molar-refractivity contribution in [1.29, 1.82) is 0 Å². The average Bonchev–Trinajstić information content (AvgIpc) is 3.72. The maximum atomic E-state index is 13.4. The number of nitrogens with zero attached hydrogens (tertiary/aromatic N) is 1. The molecule has 1 fully saturated rings. The Balaban J connectivity index is 1.26. The lowest BCUT2D eigenvalue weighted by Crippen LogP contribution is -2.29. The molecule has 0 bridgehead atoms. The molecule has 6 rings (SSSR count). The van der Waals surface area contributed by atoms with Crippen molar-refractivity contribution in [3.63, 3.8) is 0 Å². The number of nitrogens with two attached hydrogens (primary N) is 1. The van der Waals surface area contributed by atoms with Crippen LogP contribution in [0, 0.1) is 6.92 Å². The van der Waals surface area contributed by atoms with E-state index in [0.29, 0.717) is 56.8 Å². The van der Waals surface area contributed by atoms with Gasteiger partial charge in [0, 0.05) is 28.9 Å². The van der Waals surface area contributed by atoms with Crippen LogP contribution in [0.2, 0.25) is 0 Å². The number of aryl methyl sites for hydroxylation is 1. The fourth-order valence-electron chi connectivity index (χ4n) is 4.87. The van der Waals surface area contributed by atoms with Crippen LogP contribution >= 0.6 is 0 Å². The van der Waals surface area contributed by atoms with Crippen LogP contribution in [0.1, 0.15) is 34.3 Å². The number of hydrogen-bond donors (Lipinski definition) is 2. The SMILES string of the molecule is COc1cc2c(Oc3ccc4c(C(=O)Nc5ccc(C)c(C(F)(F)F)c5)cccc4c3)ccnc2cc1OCC1(N)CC1. The zero-order valence-electron chi connectivity index (χ0n) is 23.4. The third-order valence-corrected chi connectivity index (χ3v) is 7.52. The van der Waals surface area contributed by atoms with Crippen LogP contribution in [0.4, 0.5) is 18.9 Å². The molecule has 1 aliphatic rings. The number of hydrogen-bond acceptors (Lipinski definition) is 6. The van der Waals surface area contributed by atoms with Gasteiger partial charge in [-0.1, -0.05) is 18.2 Å². The van der Waals surface area contributed by atoms with Crippen LogP contribution < -0.4 is 25.3 Å². The van der Waals surface area contributed by atoms with Gasteiger partial charge in [-0.25, -0.2) is 0 Å². The minimum absolute atomic E-state index is 0.0588. The molecule has 10 heteroatoms. The number of nitrogens with one attached hydrogen (secondary N) is 1. The van der Waals surface area contributed by atoms with Crippen molar-refractivity contribution < 1.29 is 32.2 Å². The number of methoxy groups -OCH3 is 1. The average molecular weight is 588 g/mol. The van der Waals surface area contributed by atoms with Gasteiger partial charge in [0.2, 0.25) is 0 Å². The third kappa shape index (κ3) is 5.91. The highest BCUT2D eigenvalue weighted by atomic mass is 19.4. The molecule has 220 valence electrons. The first kappa shape index (κ1) is 28.3. The summed E-state index contributed by atoms with van der Waals surface area (Å²) in [4.78, 5) is 17.6. The molecule has 0 radical (unpaired) electrons. The van der Waals surface area contributed by atoms with Gasteiger partial charge < -0.3 is 25.3 Å². The number of aromatic nitrogens is 1. The summed E-state index contributed by atoms with van der Waals surface area (Å²) < 4.78 is 57.9. The molecule has 1 saturated carbocycles. The minimum Gasteiger partial charge on any atom is -0.493 e. The van der Waals surface area contributed by atoms with E-state index < -0.39 is 17.6 Å². The van der Waals surface area contributed by atoms with Crippen molar-refractivity contribution in [2.45, 2.75) is 31.5 Å². The van der Waals surface area contributed by atoms with Crippen molar-refractivity contribution in [3.8, 4) is 23.0 Å². The van der Waals surface area contributed by atoms with E-state index in [0.717, 1.165) is 18.9 Å². The Morgan fingerprint density at radius 1 is 0.977 bits per heavy atom. The lowest BCUT2D eigenvalue weighted by atomic mass is 10.0. The zero-order chi connectivity index (χ0) is 30.4. The fraction of sp³-hybridized carbons (Fsp3) is 0.212. The molecule has 1 amide bonds. The second-order valence-electron chi connectivity index (χ2n) is 10.8. The second-order valence-corrected chi connectivity index (χ2v) is 10.8. The second kappa shape index (κ2) is 10.8. The molecule has 1 aromatic heterocycles. The number of fused-ring (bicyclic) bond motifs is 2. The predicted molar refractivity (Wildman–Crippen MR) is 158 cm³/mol. The first-order valence-corrected chi connectivity index (χ1v) is 13.6. The van der Waals surface area contributed by atoms with Gasteiger partial charge in [0.25, 0.3) is 5.91 Å². The van der Waals surface area contributed by atoms with Gasteiger partial charge in [-0.2, -0.15) is 13.2 Å². The molecule has 3 N–H and O–H groups in total. The fourth-order valence-corrected chi connectivity index (χ4v) is 4.87. The lowest BCUT2D eigenvalue weighted by molar-refractivity contribution is -0.138. The summed E-state index contributed by atoms with van der Waals surface area (Å²) in [7, 11) is 1.56. The summed E-state index contributed by atoms with van der Waals surface area (Å²) in [6.07, 6.45) is -1.04. The zero-order valence-corrected chi connectivity index (χ0v) is 23.4. The number of ether oxygens (including phenoxy) is 3. The molecular weight excluding hydrogens is 559 g/mol. The number of carbonyl (C=O) groups excluding carboxylic acids is 1. The quantitative estimate of drug-likeness (QED) is 0.194. The largest absolute Gasteiger partial charge is 0.493 e. The highest BCUT2D eigenvalue weighted by molar-refractivity contribution is 6.13. The Morgan fingerprint density at radius 3 is 2.53 bits per heavy atom. The van der Waals surface area contributed by atoms with E-state index >= 15 is 0 Å². The maximum absolute atomic E-state index is 13.4. The van der Waals surface area contributed by atoms with Gasteiger partial charge in [0.15, 0.2) is 11.5 Å². The van der Waals surface area contributed by atoms with Crippen LogP contribution in [-0.4, -0.2) is 30.1 Å². The van der Waals surface area contributed by atoms with Crippen LogP contribution in [0.15, 0.2) is 79.0 Å². The van der Waals surface area contributed by atoms with E-state index in [1.54, 1.807) is 55.8 Å². The first-order chi connectivity index (χ1) is 20.5. The topological polar surface area (TPSA) is 95.7 Å². The summed E-state index contributed by atoms with van der Waals surface area (Å²) in [5.41, 5.74) is 6.20. The summed E-state index contributed by atoms with van der Waals surface area (Å²) in [6, 6.07) is 19.5. The van der Waals surface area contributed by atoms with Gasteiger partial charge in [-0.3, -0.25) is 9.78 Å². The van der Waals surface area contributed by atoms with Crippen LogP contribution in [0.5, 0.6) is 23.0 Å². The normalized spacial score (nSPS) is 14.0. The molecule has 1 aliphatic carbocycles. The molecule has 0 spiro atoms. The molecule has 0 aliphatic heterocycles. The number of carbonyl (C=O) groups is 1. The molecule has 4 aromatic carbocycles. The number of benzene rings is 4. The number of pyridine rings is 1. The predicted octanol–water partition coefficient (Wildman–Crippen LogP) is 7.64. The molecule has 5 aromatic rings. The Bertz CT molecular complexity index is 1870. The van der Waals surface area contributed by atoms with E-state index in [4.69, 9.17) is 19.9 Å². The summed E-state index contributed by atoms with van der Waals surface area (Å²) >= 11 is 0. The van der Waals surface area contributed by atoms with Crippen molar-refractivity contribution >= 4 is 33.3 Å². The van der Waals surface area contributed by atoms with Crippen LogP contribution in [-0.2, 0) is 6.18 Å². The molecule has 7 nitrogen and oxygen atoms in total. The molecular formula is C33H28F3N3O4. The van der Waals surface area contributed by atoms with E-state index in [1.807, 2.05) is 12.1 Å². The lowest BCUT2D eigenvalue weighted by Gasteiger charge is -2.16. The molecule has 0 atom stereocenters. The summed E-state index contributed by atoms with van der Waals surface area (Å²) in [6.45, 7) is 1.77. The molecule has 43 heavy (non-hydrogen) atoms. The molecule has 0 unspecified atom stereocenters. The number of halogens is 3. The standard InChI is InChI=1S/C33H28F3N3O4/c1-19-6-7-21(15-26(19)33(34,35)36)39-31(40)24-5-3-4-20-14-22(8-9-23(20)24)43-28-10-13-38-27-17-30(29(41-2)16-25(27)28)42-18-32(37)11-12-32/h3-10,13-17H,11-12,18,37H2,1-2H3,(H,39,40). The first-order valence-electron chi connectivity index (χ1n) is 13.6. The van der Waals surface area contributed by atoms with Crippen LogP contribution in [0.3, 0.4) is 0 Å². The highest BCUT2D eigenvalue weighted by Crippen LogP contribution is 2.40. The Labute approximate surface area is 245 Å². The van der Waals surface area contributed by atoms with Gasteiger partial charge >= 0.3 is 6.18 Å². The minimum atomic E-state index is -4.52. The monoisotopic (exact) mass is 587 g/mol. The van der Waals surface area contributed by atoms with E-state index in [-0.39, 0.29) is 16.8 Å².